The van der Waals surface area contributed by atoms with Crippen molar-refractivity contribution in [3.63, 3.8) is 0 Å². The molecule has 0 radical (unpaired) electrons. The molecular formula is C13H15BrN2OS. The summed E-state index contributed by atoms with van der Waals surface area (Å²) >= 11 is 4.82. The van der Waals surface area contributed by atoms with Crippen LogP contribution in [0.2, 0.25) is 0 Å². The van der Waals surface area contributed by atoms with Crippen LogP contribution < -0.4 is 5.32 Å². The van der Waals surface area contributed by atoms with Gasteiger partial charge < -0.3 is 5.32 Å². The molecule has 3 nitrogen and oxygen atoms in total. The molecule has 1 heterocycles. The molecule has 5 heteroatoms. The van der Waals surface area contributed by atoms with Gasteiger partial charge in [-0.3, -0.25) is 4.79 Å². The van der Waals surface area contributed by atoms with Crippen molar-refractivity contribution in [2.75, 3.05) is 0 Å². The van der Waals surface area contributed by atoms with Gasteiger partial charge in [0.25, 0.3) is 5.91 Å². The van der Waals surface area contributed by atoms with Gasteiger partial charge in [0, 0.05) is 5.38 Å². The molecule has 18 heavy (non-hydrogen) atoms. The Hall–Kier alpha value is -0.860. The molecule has 1 aliphatic carbocycles. The SMILES string of the molecule is N#CC1(NC(=O)c2csc(Br)c2)CCCCCC1. The summed E-state index contributed by atoms with van der Waals surface area (Å²) in [4.78, 5) is 12.1. The van der Waals surface area contributed by atoms with Crippen LogP contribution in [-0.2, 0) is 0 Å². The van der Waals surface area contributed by atoms with Crippen molar-refractivity contribution in [1.82, 2.24) is 5.32 Å². The molecule has 0 spiro atoms. The minimum absolute atomic E-state index is 0.139. The van der Waals surface area contributed by atoms with Crippen LogP contribution in [0, 0.1) is 11.3 Å². The number of carbonyl (C=O) groups excluding carboxylic acids is 1. The van der Waals surface area contributed by atoms with Crippen molar-refractivity contribution in [2.24, 2.45) is 0 Å². The number of hydrogen-bond acceptors (Lipinski definition) is 3. The molecule has 1 aliphatic rings. The summed E-state index contributed by atoms with van der Waals surface area (Å²) in [6.45, 7) is 0. The molecule has 2 rings (SSSR count). The molecule has 1 aromatic rings. The second kappa shape index (κ2) is 5.85. The monoisotopic (exact) mass is 326 g/mol. The van der Waals surface area contributed by atoms with Crippen LogP contribution in [0.5, 0.6) is 0 Å². The first-order valence-electron chi connectivity index (χ1n) is 6.13. The predicted octanol–water partition coefficient (Wildman–Crippen LogP) is 3.86. The van der Waals surface area contributed by atoms with E-state index in [9.17, 15) is 10.1 Å². The number of rotatable bonds is 2. The molecular weight excluding hydrogens is 312 g/mol. The fraction of sp³-hybridized carbons (Fsp3) is 0.538. The lowest BCUT2D eigenvalue weighted by Gasteiger charge is -2.26. The summed E-state index contributed by atoms with van der Waals surface area (Å²) in [5, 5.41) is 14.1. The lowest BCUT2D eigenvalue weighted by atomic mass is 9.91. The molecule has 1 aromatic heterocycles. The van der Waals surface area contributed by atoms with Gasteiger partial charge in [-0.15, -0.1) is 11.3 Å². The lowest BCUT2D eigenvalue weighted by Crippen LogP contribution is -2.46. The van der Waals surface area contributed by atoms with Gasteiger partial charge >= 0.3 is 0 Å². The standard InChI is InChI=1S/C13H15BrN2OS/c14-11-7-10(8-18-11)12(17)16-13(9-15)5-3-1-2-4-6-13/h7-8H,1-6H2,(H,16,17). The fourth-order valence-corrected chi connectivity index (χ4v) is 3.45. The molecule has 0 unspecified atom stereocenters. The molecule has 0 bridgehead atoms. The third-order valence-electron chi connectivity index (χ3n) is 3.35. The second-order valence-corrected chi connectivity index (χ2v) is 6.99. The topological polar surface area (TPSA) is 52.9 Å². The Morgan fingerprint density at radius 1 is 1.39 bits per heavy atom. The van der Waals surface area contributed by atoms with E-state index in [4.69, 9.17) is 0 Å². The van der Waals surface area contributed by atoms with Crippen LogP contribution in [0.25, 0.3) is 0 Å². The van der Waals surface area contributed by atoms with E-state index in [1.54, 1.807) is 11.4 Å². The maximum absolute atomic E-state index is 12.1. The number of nitriles is 1. The van der Waals surface area contributed by atoms with E-state index in [-0.39, 0.29) is 5.91 Å². The van der Waals surface area contributed by atoms with Gasteiger partial charge in [-0.25, -0.2) is 0 Å². The van der Waals surface area contributed by atoms with Crippen LogP contribution in [0.15, 0.2) is 15.2 Å². The van der Waals surface area contributed by atoms with Crippen molar-refractivity contribution in [3.8, 4) is 6.07 Å². The van der Waals surface area contributed by atoms with Crippen molar-refractivity contribution in [1.29, 1.82) is 5.26 Å². The quantitative estimate of drug-likeness (QED) is 0.839. The zero-order valence-electron chi connectivity index (χ0n) is 10.0. The molecule has 1 saturated carbocycles. The average Bonchev–Trinajstić information content (AvgIpc) is 2.66. The fourth-order valence-electron chi connectivity index (χ4n) is 2.32. The highest BCUT2D eigenvalue weighted by atomic mass is 79.9. The molecule has 1 fully saturated rings. The molecule has 0 aliphatic heterocycles. The van der Waals surface area contributed by atoms with E-state index in [0.29, 0.717) is 5.56 Å². The highest BCUT2D eigenvalue weighted by molar-refractivity contribution is 9.11. The smallest absolute Gasteiger partial charge is 0.253 e. The predicted molar refractivity (Wildman–Crippen MR) is 75.5 cm³/mol. The molecule has 96 valence electrons. The number of amides is 1. The number of hydrogen-bond donors (Lipinski definition) is 1. The van der Waals surface area contributed by atoms with Gasteiger partial charge in [-0.2, -0.15) is 5.26 Å². The van der Waals surface area contributed by atoms with Crippen molar-refractivity contribution >= 4 is 33.2 Å². The Bertz CT molecular complexity index is 470. The van der Waals surface area contributed by atoms with Gasteiger partial charge in [0.15, 0.2) is 0 Å². The first-order valence-corrected chi connectivity index (χ1v) is 7.80. The molecule has 0 saturated heterocycles. The Morgan fingerprint density at radius 2 is 2.06 bits per heavy atom. The Labute approximate surface area is 119 Å². The van der Waals surface area contributed by atoms with Crippen molar-refractivity contribution in [3.05, 3.63) is 20.8 Å². The first-order chi connectivity index (χ1) is 8.65. The van der Waals surface area contributed by atoms with Crippen LogP contribution in [0.4, 0.5) is 0 Å². The van der Waals surface area contributed by atoms with Gasteiger partial charge in [0.2, 0.25) is 0 Å². The van der Waals surface area contributed by atoms with E-state index < -0.39 is 5.54 Å². The minimum atomic E-state index is -0.665. The summed E-state index contributed by atoms with van der Waals surface area (Å²) in [5.41, 5.74) is -0.0344. The normalized spacial score (nSPS) is 18.7. The maximum atomic E-state index is 12.1. The van der Waals surface area contributed by atoms with E-state index in [1.807, 2.05) is 0 Å². The number of carbonyl (C=O) groups is 1. The molecule has 0 atom stereocenters. The first kappa shape index (κ1) is 13.6. The number of thiophene rings is 1. The summed E-state index contributed by atoms with van der Waals surface area (Å²) in [5.74, 6) is -0.139. The van der Waals surface area contributed by atoms with Crippen molar-refractivity contribution in [2.45, 2.75) is 44.1 Å². The number of nitrogens with zero attached hydrogens (tertiary/aromatic N) is 1. The molecule has 1 amide bonds. The highest BCUT2D eigenvalue weighted by Crippen LogP contribution is 2.28. The average molecular weight is 327 g/mol. The van der Waals surface area contributed by atoms with E-state index in [0.717, 1.165) is 42.3 Å². The summed E-state index contributed by atoms with van der Waals surface area (Å²) in [7, 11) is 0. The number of nitrogens with one attached hydrogen (secondary N) is 1. The Morgan fingerprint density at radius 3 is 2.56 bits per heavy atom. The van der Waals surface area contributed by atoms with Crippen LogP contribution >= 0.6 is 27.3 Å². The van der Waals surface area contributed by atoms with Crippen LogP contribution in [0.3, 0.4) is 0 Å². The van der Waals surface area contributed by atoms with E-state index >= 15 is 0 Å². The minimum Gasteiger partial charge on any atom is -0.334 e. The summed E-state index contributed by atoms with van der Waals surface area (Å²) in [6.07, 6.45) is 5.87. The van der Waals surface area contributed by atoms with E-state index in [2.05, 4.69) is 27.3 Å². The van der Waals surface area contributed by atoms with Gasteiger partial charge in [0.05, 0.1) is 15.4 Å². The largest absolute Gasteiger partial charge is 0.334 e. The van der Waals surface area contributed by atoms with Gasteiger partial charge in [0.1, 0.15) is 5.54 Å². The third kappa shape index (κ3) is 3.12. The zero-order chi connectivity index (χ0) is 13.0. The van der Waals surface area contributed by atoms with Gasteiger partial charge in [-0.1, -0.05) is 25.7 Å². The Balaban J connectivity index is 2.10. The second-order valence-electron chi connectivity index (χ2n) is 4.70. The lowest BCUT2D eigenvalue weighted by molar-refractivity contribution is 0.0913. The van der Waals surface area contributed by atoms with Crippen LogP contribution in [0.1, 0.15) is 48.9 Å². The zero-order valence-corrected chi connectivity index (χ0v) is 12.4. The van der Waals surface area contributed by atoms with Crippen LogP contribution in [-0.4, -0.2) is 11.4 Å². The summed E-state index contributed by atoms with van der Waals surface area (Å²) in [6, 6.07) is 4.12. The summed E-state index contributed by atoms with van der Waals surface area (Å²) < 4.78 is 0.930. The van der Waals surface area contributed by atoms with E-state index in [1.165, 1.54) is 11.3 Å². The molecule has 0 aromatic carbocycles. The molecule has 1 N–H and O–H groups in total. The maximum Gasteiger partial charge on any atom is 0.253 e. The van der Waals surface area contributed by atoms with Gasteiger partial charge in [-0.05, 0) is 34.8 Å². The third-order valence-corrected chi connectivity index (χ3v) is 4.86. The Kier molecular flexibility index (Phi) is 4.41. The number of halogens is 1. The van der Waals surface area contributed by atoms with Crippen molar-refractivity contribution < 1.29 is 4.79 Å². The highest BCUT2D eigenvalue weighted by Gasteiger charge is 2.32.